The number of thiophene rings is 2. The Morgan fingerprint density at radius 1 is 0.718 bits per heavy atom. The number of likely N-dealkylation sites (tertiary alicyclic amines) is 2. The van der Waals surface area contributed by atoms with Crippen molar-refractivity contribution < 1.29 is 47.2 Å². The average molecular weight is 1280 g/mol. The number of aromatic hydroxyl groups is 1. The molecule has 0 bridgehead atoms. The number of nitrogens with zero attached hydrogens (tertiary/aromatic N) is 14. The Bertz CT molecular complexity index is 4060. The molecule has 448 valence electrons. The molecule has 8 aromatic rings. The van der Waals surface area contributed by atoms with Gasteiger partial charge < -0.3 is 38.6 Å². The highest BCUT2D eigenvalue weighted by Gasteiger charge is 2.37. The summed E-state index contributed by atoms with van der Waals surface area (Å²) in [5.41, 5.74) is -1.10. The third kappa shape index (κ3) is 13.2. The Morgan fingerprint density at radius 3 is 1.54 bits per heavy atom. The van der Waals surface area contributed by atoms with Crippen LogP contribution >= 0.6 is 38.6 Å². The fourth-order valence-electron chi connectivity index (χ4n) is 9.84. The lowest BCUT2D eigenvalue weighted by atomic mass is 10.1. The van der Waals surface area contributed by atoms with Gasteiger partial charge in [0.05, 0.1) is 86.5 Å². The number of carbonyl (C=O) groups is 2. The van der Waals surface area contributed by atoms with Crippen molar-refractivity contribution >= 4 is 70.9 Å². The highest BCUT2D eigenvalue weighted by molar-refractivity contribution is 9.09. The molecule has 1 N–H and O–H groups in total. The number of benzene rings is 2. The number of alkyl halides is 1. The highest BCUT2D eigenvalue weighted by atomic mass is 79.9. The zero-order valence-electron chi connectivity index (χ0n) is 46.7. The fraction of sp³-hybridized carbons (Fsp3) is 0.407. The van der Waals surface area contributed by atoms with Gasteiger partial charge in [0.2, 0.25) is 11.8 Å². The van der Waals surface area contributed by atoms with Crippen molar-refractivity contribution in [2.75, 3.05) is 79.9 Å². The molecule has 6 aromatic heterocycles. The average Bonchev–Trinajstić information content (AvgIpc) is 1.77. The summed E-state index contributed by atoms with van der Waals surface area (Å²) >= 11 is 5.17. The summed E-state index contributed by atoms with van der Waals surface area (Å²) in [7, 11) is 6.24. The Balaban J connectivity index is 0.000000209. The van der Waals surface area contributed by atoms with E-state index in [1.165, 1.54) is 91.8 Å². The minimum absolute atomic E-state index is 0.0898. The van der Waals surface area contributed by atoms with Gasteiger partial charge in [-0.2, -0.15) is 25.7 Å². The molecular weight excluding hydrogens is 1220 g/mol. The molecule has 0 unspecified atom stereocenters. The molecule has 2 aliphatic rings. The second-order valence-electron chi connectivity index (χ2n) is 19.1. The van der Waals surface area contributed by atoms with Crippen molar-refractivity contribution in [2.45, 2.75) is 64.1 Å². The van der Waals surface area contributed by atoms with E-state index in [9.17, 15) is 42.7 Å². The zero-order chi connectivity index (χ0) is 61.2. The Kier molecular flexibility index (Phi) is 20.7. The first-order chi connectivity index (χ1) is 40.9. The van der Waals surface area contributed by atoms with E-state index in [-0.39, 0.29) is 91.5 Å². The van der Waals surface area contributed by atoms with Gasteiger partial charge in [-0.1, -0.05) is 38.6 Å². The minimum Gasteiger partial charge on any atom is -0.508 e. The predicted octanol–water partition coefficient (Wildman–Crippen LogP) is 4.99. The van der Waals surface area contributed by atoms with Crippen molar-refractivity contribution in [3.63, 3.8) is 0 Å². The van der Waals surface area contributed by atoms with E-state index in [1.807, 2.05) is 6.07 Å². The van der Waals surface area contributed by atoms with Crippen molar-refractivity contribution in [1.82, 2.24) is 58.1 Å². The maximum absolute atomic E-state index is 14.5. The Morgan fingerprint density at radius 2 is 1.14 bits per heavy atom. The topological polar surface area (TPSA) is 285 Å². The van der Waals surface area contributed by atoms with Crippen LogP contribution in [0.4, 0.5) is 8.78 Å². The zero-order valence-corrected chi connectivity index (χ0v) is 49.9. The standard InChI is InChI=1S/C27H28FN7O6S.C25H27FN6O6S.C2H2BrN/c1-16-22-24(37)34(19-7-10-32(3)23(19)36)27(38)33(26(22)42-25(16)35-30-8-9-31-35)14-21(40-12-11-39-4)18-13-17(28)5-6-20(18)41-15-29-2;1-14-20-22(35)31(17-6-9-29(2)21(17)34)25(36)30(24(20)39-23(14)32-27-7-8-28-32)13-19(38-11-10-37-3)16-12-15(26)4-5-18(16)33;3-1-2-4/h5-6,8-9,13,19,21H,7,10-12,14-15H2,1,3-4H3;4-5,7-8,12,17,19,33H,6,9-11,13H2,1-3H3;1H2/t19-,21-;17-,19-;/m00./s1. The number of phenolic OH excluding ortho intramolecular Hbond substituents is 1. The smallest absolute Gasteiger partial charge is 0.357 e. The van der Waals surface area contributed by atoms with E-state index < -0.39 is 58.4 Å². The van der Waals surface area contributed by atoms with Gasteiger partial charge in [-0.3, -0.25) is 33.2 Å². The fourth-order valence-corrected chi connectivity index (χ4v) is 12.3. The van der Waals surface area contributed by atoms with Crippen LogP contribution in [0.5, 0.6) is 11.5 Å². The lowest BCUT2D eigenvalue weighted by molar-refractivity contribution is -0.130. The molecule has 2 saturated heterocycles. The number of likely N-dealkylation sites (N-methyl/N-ethyl adjacent to an activating group) is 2. The lowest BCUT2D eigenvalue weighted by Crippen LogP contribution is -2.44. The number of aryl methyl sites for hydroxylation is 2. The molecule has 2 amide bonds. The molecule has 0 aliphatic carbocycles. The summed E-state index contributed by atoms with van der Waals surface area (Å²) in [6, 6.07) is 7.19. The third-order valence-electron chi connectivity index (χ3n) is 14.0. The molecule has 2 aromatic carbocycles. The molecular formula is C54H57BrF2N14O12S2. The van der Waals surface area contributed by atoms with E-state index in [4.69, 9.17) is 35.5 Å². The monoisotopic (exact) mass is 1270 g/mol. The molecule has 10 rings (SSSR count). The van der Waals surface area contributed by atoms with Gasteiger partial charge in [0.1, 0.15) is 67.1 Å². The summed E-state index contributed by atoms with van der Waals surface area (Å²) in [5.74, 6) is -1.84. The number of methoxy groups -OCH3 is 2. The van der Waals surface area contributed by atoms with E-state index in [0.29, 0.717) is 62.1 Å². The summed E-state index contributed by atoms with van der Waals surface area (Å²) < 4.78 is 61.3. The number of nitriles is 1. The second kappa shape index (κ2) is 28.1. The van der Waals surface area contributed by atoms with Gasteiger partial charge in [0, 0.05) is 63.7 Å². The number of phenols is 1. The summed E-state index contributed by atoms with van der Waals surface area (Å²) in [5, 5.41) is 36.8. The molecule has 0 spiro atoms. The van der Waals surface area contributed by atoms with E-state index in [2.05, 4.69) is 41.2 Å². The molecule has 0 radical (unpaired) electrons. The number of halogens is 3. The molecule has 0 saturated carbocycles. The number of hydrogen-bond acceptors (Lipinski definition) is 19. The second-order valence-corrected chi connectivity index (χ2v) is 21.7. The van der Waals surface area contributed by atoms with Crippen LogP contribution in [0.2, 0.25) is 0 Å². The number of rotatable bonds is 20. The number of carbonyl (C=O) groups excluding carboxylic acids is 2. The van der Waals surface area contributed by atoms with Crippen LogP contribution in [0.25, 0.3) is 35.3 Å². The summed E-state index contributed by atoms with van der Waals surface area (Å²) in [6.45, 7) is 11.3. The summed E-state index contributed by atoms with van der Waals surface area (Å²) in [6.07, 6.45) is 4.62. The molecule has 8 heterocycles. The van der Waals surface area contributed by atoms with Gasteiger partial charge in [-0.05, 0) is 63.1 Å². The normalized spacial score (nSPS) is 15.6. The Hall–Kier alpha value is -8.30. The van der Waals surface area contributed by atoms with Crippen molar-refractivity contribution in [3.05, 3.63) is 148 Å². The van der Waals surface area contributed by atoms with Gasteiger partial charge in [0.25, 0.3) is 11.1 Å². The van der Waals surface area contributed by atoms with E-state index in [0.717, 1.165) is 43.9 Å². The Labute approximate surface area is 498 Å². The first-order valence-corrected chi connectivity index (χ1v) is 28.8. The van der Waals surface area contributed by atoms with Gasteiger partial charge in [-0.15, -0.1) is 9.59 Å². The summed E-state index contributed by atoms with van der Waals surface area (Å²) in [4.78, 5) is 91.4. The molecule has 2 fully saturated rings. The number of ether oxygens (including phenoxy) is 5. The van der Waals surface area contributed by atoms with Gasteiger partial charge >= 0.3 is 18.1 Å². The quantitative estimate of drug-likeness (QED) is 0.0598. The number of aromatic nitrogens is 10. The molecule has 31 heteroatoms. The van der Waals surface area contributed by atoms with Crippen LogP contribution in [0.1, 0.15) is 59.4 Å². The minimum atomic E-state index is -0.988. The van der Waals surface area contributed by atoms with Crippen LogP contribution in [0.15, 0.2) is 80.4 Å². The molecule has 2 aliphatic heterocycles. The molecule has 4 atom stereocenters. The van der Waals surface area contributed by atoms with Gasteiger partial charge in [0.15, 0.2) is 0 Å². The van der Waals surface area contributed by atoms with Crippen molar-refractivity contribution in [3.8, 4) is 27.6 Å². The first kappa shape index (κ1) is 62.7. The molecule has 85 heavy (non-hydrogen) atoms. The number of hydrogen-bond donors (Lipinski definition) is 1. The molecule has 26 nitrogen and oxygen atoms in total. The van der Waals surface area contributed by atoms with Gasteiger partial charge in [-0.25, -0.2) is 34.1 Å². The maximum atomic E-state index is 14.5. The third-order valence-corrected chi connectivity index (χ3v) is 16.8. The highest BCUT2D eigenvalue weighted by Crippen LogP contribution is 2.37. The van der Waals surface area contributed by atoms with Crippen LogP contribution in [0, 0.1) is 43.4 Å². The lowest BCUT2D eigenvalue weighted by Gasteiger charge is -2.23. The predicted molar refractivity (Wildman–Crippen MR) is 310 cm³/mol. The van der Waals surface area contributed by atoms with Crippen LogP contribution in [-0.4, -0.2) is 155 Å². The SMILES string of the molecule is COCCO[C@@H](Cn1c(=O)n([C@H]2CCN(C)C2=O)c(=O)c2c(C)c(-n3nccn3)sc21)c1cc(F)ccc1O.N#CCBr.[C-]#[N+]COc1ccc(F)cc1[C@H](Cn1c(=O)n([C@H]2CCN(C)C2=O)c(=O)c2c(C)c(-n3nccn3)sc21)OCCOC. The first-order valence-electron chi connectivity index (χ1n) is 26.1. The van der Waals surface area contributed by atoms with Crippen LogP contribution in [-0.2, 0) is 41.6 Å². The van der Waals surface area contributed by atoms with E-state index in [1.54, 1.807) is 27.9 Å². The number of fused-ring (bicyclic) bond motifs is 2. The maximum Gasteiger partial charge on any atom is 0.357 e. The largest absolute Gasteiger partial charge is 0.508 e. The van der Waals surface area contributed by atoms with Crippen molar-refractivity contribution in [2.24, 2.45) is 0 Å². The van der Waals surface area contributed by atoms with Crippen LogP contribution < -0.4 is 27.2 Å². The van der Waals surface area contributed by atoms with E-state index >= 15 is 0 Å². The number of amides is 2. The van der Waals surface area contributed by atoms with Crippen LogP contribution in [0.3, 0.4) is 0 Å². The van der Waals surface area contributed by atoms with Crippen molar-refractivity contribution in [1.29, 1.82) is 5.26 Å².